The molecule has 11 heteroatoms. The summed E-state index contributed by atoms with van der Waals surface area (Å²) in [5.41, 5.74) is 1.33. The molecule has 0 spiro atoms. The number of para-hydroxylation sites is 1. The maximum atomic E-state index is 13.0. The number of hydrogen-bond donors (Lipinski definition) is 2. The van der Waals surface area contributed by atoms with Gasteiger partial charge >= 0.3 is 0 Å². The molecule has 0 fully saturated rings. The molecule has 184 valence electrons. The Balaban J connectivity index is 1.69. The maximum absolute atomic E-state index is 13.0. The van der Waals surface area contributed by atoms with Crippen LogP contribution < -0.4 is 20.1 Å². The minimum Gasteiger partial charge on any atom is -0.493 e. The summed E-state index contributed by atoms with van der Waals surface area (Å²) in [6.45, 7) is -0.205. The lowest BCUT2D eigenvalue weighted by Crippen LogP contribution is -2.35. The summed E-state index contributed by atoms with van der Waals surface area (Å²) < 4.78 is 37.1. The van der Waals surface area contributed by atoms with Crippen molar-refractivity contribution in [3.05, 3.63) is 78.1 Å². The zero-order chi connectivity index (χ0) is 25.4. The summed E-state index contributed by atoms with van der Waals surface area (Å²) >= 11 is 0. The van der Waals surface area contributed by atoms with Crippen LogP contribution in [0.5, 0.6) is 11.5 Å². The van der Waals surface area contributed by atoms with Crippen molar-refractivity contribution in [1.29, 1.82) is 0 Å². The molecule has 0 radical (unpaired) electrons. The number of likely N-dealkylation sites (N-methyl/N-ethyl adjacent to an activating group) is 1. The van der Waals surface area contributed by atoms with Gasteiger partial charge in [-0.1, -0.05) is 18.2 Å². The van der Waals surface area contributed by atoms with E-state index >= 15 is 0 Å². The van der Waals surface area contributed by atoms with Crippen LogP contribution in [0, 0.1) is 0 Å². The molecule has 0 saturated heterocycles. The zero-order valence-corrected chi connectivity index (χ0v) is 20.3. The second-order valence-electron chi connectivity index (χ2n) is 7.42. The first-order valence-electron chi connectivity index (χ1n) is 10.5. The Labute approximate surface area is 203 Å². The van der Waals surface area contributed by atoms with E-state index in [0.717, 1.165) is 9.87 Å². The van der Waals surface area contributed by atoms with Gasteiger partial charge in [-0.05, 0) is 35.9 Å². The number of amides is 2. The number of rotatable bonds is 10. The number of ether oxygens (including phenoxy) is 2. The lowest BCUT2D eigenvalue weighted by molar-refractivity contribution is -0.116. The monoisotopic (exact) mass is 498 g/mol. The van der Waals surface area contributed by atoms with Gasteiger partial charge in [0.05, 0.1) is 36.9 Å². The minimum atomic E-state index is -4.00. The van der Waals surface area contributed by atoms with E-state index in [2.05, 4.69) is 15.6 Å². The van der Waals surface area contributed by atoms with Gasteiger partial charge in [0.1, 0.15) is 0 Å². The van der Waals surface area contributed by atoms with Crippen LogP contribution in [0.15, 0.2) is 71.9 Å². The number of sulfonamides is 1. The van der Waals surface area contributed by atoms with Gasteiger partial charge in [-0.3, -0.25) is 14.6 Å². The van der Waals surface area contributed by atoms with E-state index in [1.807, 2.05) is 6.07 Å². The van der Waals surface area contributed by atoms with Gasteiger partial charge in [-0.25, -0.2) is 8.42 Å². The van der Waals surface area contributed by atoms with Crippen LogP contribution >= 0.6 is 0 Å². The predicted octanol–water partition coefficient (Wildman–Crippen LogP) is 2.29. The van der Waals surface area contributed by atoms with Crippen molar-refractivity contribution in [2.24, 2.45) is 0 Å². The van der Waals surface area contributed by atoms with Gasteiger partial charge in [-0.15, -0.1) is 0 Å². The normalized spacial score (nSPS) is 11.1. The van der Waals surface area contributed by atoms with Gasteiger partial charge in [0, 0.05) is 32.1 Å². The highest BCUT2D eigenvalue weighted by Gasteiger charge is 2.25. The van der Waals surface area contributed by atoms with Crippen LogP contribution in [0.3, 0.4) is 0 Å². The molecule has 3 aromatic rings. The summed E-state index contributed by atoms with van der Waals surface area (Å²) in [5.74, 6) is -0.372. The summed E-state index contributed by atoms with van der Waals surface area (Å²) in [6.07, 6.45) is 3.28. The van der Waals surface area contributed by atoms with Crippen LogP contribution in [0.25, 0.3) is 0 Å². The first-order chi connectivity index (χ1) is 16.8. The maximum Gasteiger partial charge on any atom is 0.253 e. The number of carbonyl (C=O) groups is 2. The summed E-state index contributed by atoms with van der Waals surface area (Å²) in [6, 6.07) is 14.2. The van der Waals surface area contributed by atoms with Gasteiger partial charge < -0.3 is 20.1 Å². The molecule has 10 nitrogen and oxygen atoms in total. The standard InChI is InChI=1S/C24H26N4O6S/c1-28(35(31,32)18-10-11-21(33-2)22(13-18)34-3)16-23(29)27-20-9-5-4-8-19(20)24(30)26-15-17-7-6-12-25-14-17/h4-14H,15-16H2,1-3H3,(H,26,30)(H,27,29). The molecule has 2 aromatic carbocycles. The second kappa shape index (κ2) is 11.4. The number of carbonyl (C=O) groups excluding carboxylic acids is 2. The first kappa shape index (κ1) is 25.7. The van der Waals surface area contributed by atoms with Crippen molar-refractivity contribution in [2.45, 2.75) is 11.4 Å². The summed E-state index contributed by atoms with van der Waals surface area (Å²) in [7, 11) is 0.134. The van der Waals surface area contributed by atoms with Crippen molar-refractivity contribution >= 4 is 27.5 Å². The van der Waals surface area contributed by atoms with Crippen LogP contribution in [0.4, 0.5) is 5.69 Å². The van der Waals surface area contributed by atoms with E-state index in [9.17, 15) is 18.0 Å². The van der Waals surface area contributed by atoms with Crippen molar-refractivity contribution in [3.8, 4) is 11.5 Å². The quantitative estimate of drug-likeness (QED) is 0.439. The Hall–Kier alpha value is -3.96. The molecule has 0 saturated carbocycles. The summed E-state index contributed by atoms with van der Waals surface area (Å²) in [4.78, 5) is 29.3. The molecule has 2 amide bonds. The Morgan fingerprint density at radius 2 is 1.74 bits per heavy atom. The molecule has 0 atom stereocenters. The molecule has 0 unspecified atom stereocenters. The fourth-order valence-electron chi connectivity index (χ4n) is 3.20. The smallest absolute Gasteiger partial charge is 0.253 e. The Morgan fingerprint density at radius 3 is 2.43 bits per heavy atom. The molecular formula is C24H26N4O6S. The van der Waals surface area contributed by atoms with E-state index in [1.54, 1.807) is 42.7 Å². The molecule has 0 aliphatic rings. The lowest BCUT2D eigenvalue weighted by atomic mass is 10.1. The number of aromatic nitrogens is 1. The van der Waals surface area contributed by atoms with E-state index < -0.39 is 28.4 Å². The van der Waals surface area contributed by atoms with Crippen molar-refractivity contribution in [3.63, 3.8) is 0 Å². The average molecular weight is 499 g/mol. The van der Waals surface area contributed by atoms with Crippen LogP contribution in [-0.2, 0) is 21.4 Å². The number of nitrogens with zero attached hydrogens (tertiary/aromatic N) is 2. The molecule has 3 rings (SSSR count). The Morgan fingerprint density at radius 1 is 1.00 bits per heavy atom. The first-order valence-corrected chi connectivity index (χ1v) is 11.9. The molecule has 0 bridgehead atoms. The highest BCUT2D eigenvalue weighted by molar-refractivity contribution is 7.89. The molecule has 0 aliphatic heterocycles. The van der Waals surface area contributed by atoms with E-state index in [4.69, 9.17) is 9.47 Å². The average Bonchev–Trinajstić information content (AvgIpc) is 2.87. The van der Waals surface area contributed by atoms with Crippen molar-refractivity contribution < 1.29 is 27.5 Å². The van der Waals surface area contributed by atoms with Gasteiger partial charge in [-0.2, -0.15) is 4.31 Å². The van der Waals surface area contributed by atoms with Gasteiger partial charge in [0.2, 0.25) is 15.9 Å². The molecule has 0 aliphatic carbocycles. The number of anilines is 1. The van der Waals surface area contributed by atoms with E-state index in [-0.39, 0.29) is 28.4 Å². The number of methoxy groups -OCH3 is 2. The highest BCUT2D eigenvalue weighted by atomic mass is 32.2. The van der Waals surface area contributed by atoms with Crippen LogP contribution in [0.2, 0.25) is 0 Å². The van der Waals surface area contributed by atoms with Gasteiger partial charge in [0.25, 0.3) is 5.91 Å². The fraction of sp³-hybridized carbons (Fsp3) is 0.208. The Kier molecular flexibility index (Phi) is 8.39. The fourth-order valence-corrected chi connectivity index (χ4v) is 4.35. The minimum absolute atomic E-state index is 0.0550. The topological polar surface area (TPSA) is 127 Å². The van der Waals surface area contributed by atoms with E-state index in [1.165, 1.54) is 39.5 Å². The lowest BCUT2D eigenvalue weighted by Gasteiger charge is -2.18. The summed E-state index contributed by atoms with van der Waals surface area (Å²) in [5, 5.41) is 5.40. The van der Waals surface area contributed by atoms with Crippen LogP contribution in [-0.4, -0.2) is 57.3 Å². The second-order valence-corrected chi connectivity index (χ2v) is 9.46. The van der Waals surface area contributed by atoms with Crippen molar-refractivity contribution in [1.82, 2.24) is 14.6 Å². The predicted molar refractivity (Wildman–Crippen MR) is 130 cm³/mol. The van der Waals surface area contributed by atoms with Crippen molar-refractivity contribution in [2.75, 3.05) is 33.1 Å². The molecule has 35 heavy (non-hydrogen) atoms. The zero-order valence-electron chi connectivity index (χ0n) is 19.5. The Bertz CT molecular complexity index is 1300. The molecular weight excluding hydrogens is 472 g/mol. The third kappa shape index (κ3) is 6.34. The SMILES string of the molecule is COc1ccc(S(=O)(=O)N(C)CC(=O)Nc2ccccc2C(=O)NCc2cccnc2)cc1OC. The molecule has 2 N–H and O–H groups in total. The van der Waals surface area contributed by atoms with E-state index in [0.29, 0.717) is 5.75 Å². The van der Waals surface area contributed by atoms with Gasteiger partial charge in [0.15, 0.2) is 11.5 Å². The third-order valence-corrected chi connectivity index (χ3v) is 6.85. The largest absolute Gasteiger partial charge is 0.493 e. The number of pyridine rings is 1. The highest BCUT2D eigenvalue weighted by Crippen LogP contribution is 2.30. The molecule has 1 heterocycles. The molecule has 1 aromatic heterocycles. The third-order valence-electron chi connectivity index (χ3n) is 5.05. The number of nitrogens with one attached hydrogen (secondary N) is 2. The van der Waals surface area contributed by atoms with Crippen LogP contribution in [0.1, 0.15) is 15.9 Å². The number of hydrogen-bond acceptors (Lipinski definition) is 7. The number of benzene rings is 2.